The van der Waals surface area contributed by atoms with E-state index in [1.165, 1.54) is 24.3 Å². The highest BCUT2D eigenvalue weighted by atomic mass is 32.2. The van der Waals surface area contributed by atoms with E-state index < -0.39 is 37.9 Å². The minimum atomic E-state index is -4.94. The van der Waals surface area contributed by atoms with Gasteiger partial charge in [0.2, 0.25) is 0 Å². The first kappa shape index (κ1) is 17.5. The van der Waals surface area contributed by atoms with Crippen molar-refractivity contribution in [3.05, 3.63) is 62.2 Å². The molecule has 11 heteroatoms. The first-order valence-corrected chi connectivity index (χ1v) is 6.98. The Bertz CT molecular complexity index is 774. The van der Waals surface area contributed by atoms with E-state index >= 15 is 0 Å². The Labute approximate surface area is 136 Å². The summed E-state index contributed by atoms with van der Waals surface area (Å²) in [6.07, 6.45) is -4.94. The number of nitro benzene ring substituents is 2. The molecule has 2 aromatic carbocycles. The molecule has 0 spiro atoms. The predicted octanol–water partition coefficient (Wildman–Crippen LogP) is 4.26. The van der Waals surface area contributed by atoms with Crippen molar-refractivity contribution in [2.45, 2.75) is 16.0 Å². The van der Waals surface area contributed by atoms with Crippen LogP contribution >= 0.6 is 11.8 Å². The molecule has 0 heterocycles. The summed E-state index contributed by atoms with van der Waals surface area (Å²) in [6.45, 7) is 0. The Hall–Kier alpha value is -2.82. The van der Waals surface area contributed by atoms with Crippen molar-refractivity contribution in [2.75, 3.05) is 5.73 Å². The zero-order chi connectivity index (χ0) is 18.1. The van der Waals surface area contributed by atoms with Gasteiger partial charge >= 0.3 is 6.18 Å². The Morgan fingerprint density at radius 2 is 1.42 bits per heavy atom. The van der Waals surface area contributed by atoms with Crippen LogP contribution in [0.1, 0.15) is 5.56 Å². The fourth-order valence-corrected chi connectivity index (χ4v) is 2.78. The molecule has 0 radical (unpaired) electrons. The van der Waals surface area contributed by atoms with E-state index in [9.17, 15) is 33.4 Å². The number of hydrogen-bond acceptors (Lipinski definition) is 6. The molecular weight excluding hydrogens is 351 g/mol. The highest BCUT2D eigenvalue weighted by Gasteiger charge is 2.37. The van der Waals surface area contributed by atoms with Crippen LogP contribution in [-0.2, 0) is 6.18 Å². The lowest BCUT2D eigenvalue weighted by molar-refractivity contribution is -0.400. The van der Waals surface area contributed by atoms with E-state index in [1.54, 1.807) is 0 Å². The predicted molar refractivity (Wildman–Crippen MR) is 79.7 cm³/mol. The lowest BCUT2D eigenvalue weighted by atomic mass is 10.1. The van der Waals surface area contributed by atoms with Gasteiger partial charge < -0.3 is 5.73 Å². The average molecular weight is 359 g/mol. The maximum Gasteiger partial charge on any atom is 0.416 e. The van der Waals surface area contributed by atoms with Crippen LogP contribution in [0.3, 0.4) is 0 Å². The molecule has 0 aromatic heterocycles. The topological polar surface area (TPSA) is 112 Å². The third kappa shape index (κ3) is 3.74. The van der Waals surface area contributed by atoms with Gasteiger partial charge in [-0.1, -0.05) is 11.8 Å². The number of rotatable bonds is 4. The number of halogens is 3. The second-order valence-corrected chi connectivity index (χ2v) is 5.61. The minimum absolute atomic E-state index is 0.284. The van der Waals surface area contributed by atoms with Crippen molar-refractivity contribution in [1.82, 2.24) is 0 Å². The molecule has 0 atom stereocenters. The Balaban J connectivity index is 2.65. The smallest absolute Gasteiger partial charge is 0.399 e. The molecule has 0 saturated heterocycles. The Morgan fingerprint density at radius 1 is 0.958 bits per heavy atom. The molecule has 0 aliphatic heterocycles. The number of nitro groups is 2. The SMILES string of the molecule is Nc1ccc(Sc2c([N+](=O)[O-])cc(C(F)(F)F)cc2[N+](=O)[O-])cc1. The molecule has 0 fully saturated rings. The molecule has 0 amide bonds. The third-order valence-corrected chi connectivity index (χ3v) is 4.00. The van der Waals surface area contributed by atoms with Crippen molar-refractivity contribution >= 4 is 28.8 Å². The van der Waals surface area contributed by atoms with Gasteiger partial charge in [-0.2, -0.15) is 13.2 Å². The normalized spacial score (nSPS) is 11.3. The van der Waals surface area contributed by atoms with E-state index in [0.29, 0.717) is 22.3 Å². The molecule has 126 valence electrons. The summed E-state index contributed by atoms with van der Waals surface area (Å²) in [5, 5.41) is 22.2. The fourth-order valence-electron chi connectivity index (χ4n) is 1.79. The van der Waals surface area contributed by atoms with Crippen molar-refractivity contribution < 1.29 is 23.0 Å². The lowest BCUT2D eigenvalue weighted by Gasteiger charge is -2.09. The molecule has 24 heavy (non-hydrogen) atoms. The molecule has 0 bridgehead atoms. The van der Waals surface area contributed by atoms with Crippen LogP contribution in [0.4, 0.5) is 30.2 Å². The van der Waals surface area contributed by atoms with E-state index in [0.717, 1.165) is 0 Å². The van der Waals surface area contributed by atoms with Crippen LogP contribution in [0.2, 0.25) is 0 Å². The largest absolute Gasteiger partial charge is 0.416 e. The minimum Gasteiger partial charge on any atom is -0.399 e. The molecule has 0 aliphatic carbocycles. The zero-order valence-corrected chi connectivity index (χ0v) is 12.4. The van der Waals surface area contributed by atoms with Gasteiger partial charge in [-0.05, 0) is 24.3 Å². The molecule has 2 N–H and O–H groups in total. The van der Waals surface area contributed by atoms with Gasteiger partial charge in [0, 0.05) is 22.7 Å². The first-order chi connectivity index (χ1) is 11.1. The van der Waals surface area contributed by atoms with Crippen LogP contribution < -0.4 is 5.73 Å². The summed E-state index contributed by atoms with van der Waals surface area (Å²) < 4.78 is 38.4. The van der Waals surface area contributed by atoms with Gasteiger partial charge in [0.25, 0.3) is 11.4 Å². The number of alkyl halides is 3. The Morgan fingerprint density at radius 3 is 1.79 bits per heavy atom. The molecule has 2 aromatic rings. The van der Waals surface area contributed by atoms with Gasteiger partial charge in [-0.15, -0.1) is 0 Å². The highest BCUT2D eigenvalue weighted by Crippen LogP contribution is 2.45. The quantitative estimate of drug-likeness (QED) is 0.496. The number of benzene rings is 2. The number of nitrogen functional groups attached to an aromatic ring is 1. The van der Waals surface area contributed by atoms with Crippen molar-refractivity contribution in [2.24, 2.45) is 0 Å². The van der Waals surface area contributed by atoms with E-state index in [4.69, 9.17) is 5.73 Å². The third-order valence-electron chi connectivity index (χ3n) is 2.87. The number of nitrogens with two attached hydrogens (primary N) is 1. The van der Waals surface area contributed by atoms with Gasteiger partial charge in [0.05, 0.1) is 15.4 Å². The van der Waals surface area contributed by atoms with Gasteiger partial charge in [0.1, 0.15) is 0 Å². The van der Waals surface area contributed by atoms with Crippen molar-refractivity contribution in [3.8, 4) is 0 Å². The molecule has 0 aliphatic rings. The summed E-state index contributed by atoms with van der Waals surface area (Å²) in [5.41, 5.74) is 2.46. The summed E-state index contributed by atoms with van der Waals surface area (Å²) >= 11 is 0.619. The molecule has 7 nitrogen and oxygen atoms in total. The van der Waals surface area contributed by atoms with Crippen LogP contribution in [-0.4, -0.2) is 9.85 Å². The van der Waals surface area contributed by atoms with Crippen LogP contribution in [0.5, 0.6) is 0 Å². The zero-order valence-electron chi connectivity index (χ0n) is 11.6. The molecule has 2 rings (SSSR count). The van der Waals surface area contributed by atoms with Crippen molar-refractivity contribution in [3.63, 3.8) is 0 Å². The van der Waals surface area contributed by atoms with E-state index in [2.05, 4.69) is 0 Å². The standard InChI is InChI=1S/C13H8F3N3O4S/c14-13(15,16)7-5-10(18(20)21)12(11(6-7)19(22)23)24-9-3-1-8(17)2-4-9/h1-6H,17H2. The summed E-state index contributed by atoms with van der Waals surface area (Å²) in [6, 6.07) is 6.39. The molecular formula is C13H8F3N3O4S. The lowest BCUT2D eigenvalue weighted by Crippen LogP contribution is -2.08. The average Bonchev–Trinajstić information content (AvgIpc) is 2.48. The molecule has 0 saturated carbocycles. The summed E-state index contributed by atoms with van der Waals surface area (Å²) in [5.74, 6) is 0. The number of anilines is 1. The van der Waals surface area contributed by atoms with Crippen LogP contribution in [0, 0.1) is 20.2 Å². The molecule has 0 unspecified atom stereocenters. The van der Waals surface area contributed by atoms with Gasteiger partial charge in [-0.25, -0.2) is 0 Å². The number of hydrogen-bond donors (Lipinski definition) is 1. The maximum atomic E-state index is 12.8. The number of nitrogens with zero attached hydrogens (tertiary/aromatic N) is 2. The van der Waals surface area contributed by atoms with Crippen LogP contribution in [0.25, 0.3) is 0 Å². The van der Waals surface area contributed by atoms with Gasteiger partial charge in [-0.3, -0.25) is 20.2 Å². The Kier molecular flexibility index (Phi) is 4.64. The second kappa shape index (κ2) is 6.35. The van der Waals surface area contributed by atoms with E-state index in [-0.39, 0.29) is 12.1 Å². The first-order valence-electron chi connectivity index (χ1n) is 6.17. The fraction of sp³-hybridized carbons (Fsp3) is 0.0769. The highest BCUT2D eigenvalue weighted by molar-refractivity contribution is 7.99. The second-order valence-electron chi connectivity index (χ2n) is 4.53. The monoisotopic (exact) mass is 359 g/mol. The van der Waals surface area contributed by atoms with E-state index in [1.807, 2.05) is 0 Å². The summed E-state index contributed by atoms with van der Waals surface area (Å²) in [7, 11) is 0. The van der Waals surface area contributed by atoms with Crippen LogP contribution in [0.15, 0.2) is 46.2 Å². The van der Waals surface area contributed by atoms with Gasteiger partial charge in [0.15, 0.2) is 4.90 Å². The maximum absolute atomic E-state index is 12.8. The summed E-state index contributed by atoms with van der Waals surface area (Å²) in [4.78, 5) is 19.9. The van der Waals surface area contributed by atoms with Crippen molar-refractivity contribution in [1.29, 1.82) is 0 Å².